The van der Waals surface area contributed by atoms with Crippen LogP contribution >= 0.6 is 0 Å². The van der Waals surface area contributed by atoms with Gasteiger partial charge in [-0.3, -0.25) is 9.78 Å². The van der Waals surface area contributed by atoms with Crippen LogP contribution in [0.25, 0.3) is 0 Å². The molecule has 1 aromatic heterocycles. The number of hydrogen-bond donors (Lipinski definition) is 2. The Morgan fingerprint density at radius 2 is 2.06 bits per heavy atom. The summed E-state index contributed by atoms with van der Waals surface area (Å²) in [6.07, 6.45) is 3.55. The monoisotopic (exact) mass is 251 g/mol. The molecule has 0 fully saturated rings. The quantitative estimate of drug-likeness (QED) is 0.846. The molecule has 1 heterocycles. The number of aliphatic hydroxyl groups is 1. The minimum absolute atomic E-state index is 0.0434. The van der Waals surface area contributed by atoms with Crippen LogP contribution in [0.4, 0.5) is 0 Å². The number of rotatable bonds is 4. The highest BCUT2D eigenvalue weighted by molar-refractivity contribution is 5.92. The topological polar surface area (TPSA) is 75.1 Å². The number of carbonyl (C=O) groups is 1. The molecule has 0 saturated heterocycles. The molecule has 1 unspecified atom stereocenters. The van der Waals surface area contributed by atoms with E-state index >= 15 is 0 Å². The number of aliphatic hydroxyl groups excluding tert-OH is 1. The van der Waals surface area contributed by atoms with Crippen molar-refractivity contribution < 1.29 is 9.90 Å². The van der Waals surface area contributed by atoms with Gasteiger partial charge >= 0.3 is 0 Å². The lowest BCUT2D eigenvalue weighted by molar-refractivity contribution is 0.0879. The van der Waals surface area contributed by atoms with E-state index in [2.05, 4.69) is 15.3 Å². The maximum atomic E-state index is 12.0. The number of amides is 1. The van der Waals surface area contributed by atoms with Gasteiger partial charge in [-0.05, 0) is 18.8 Å². The molecule has 1 aromatic rings. The third kappa shape index (κ3) is 4.07. The molecule has 0 saturated carbocycles. The zero-order valence-electron chi connectivity index (χ0n) is 11.4. The summed E-state index contributed by atoms with van der Waals surface area (Å²) >= 11 is 0. The van der Waals surface area contributed by atoms with E-state index in [0.717, 1.165) is 5.69 Å². The van der Waals surface area contributed by atoms with Crippen LogP contribution < -0.4 is 5.32 Å². The second-order valence-electron chi connectivity index (χ2n) is 5.45. The van der Waals surface area contributed by atoms with Gasteiger partial charge in [-0.25, -0.2) is 4.98 Å². The van der Waals surface area contributed by atoms with Crippen LogP contribution in [0.3, 0.4) is 0 Å². The van der Waals surface area contributed by atoms with Gasteiger partial charge in [-0.1, -0.05) is 20.8 Å². The highest BCUT2D eigenvalue weighted by Crippen LogP contribution is 2.21. The van der Waals surface area contributed by atoms with E-state index in [1.54, 1.807) is 6.20 Å². The predicted octanol–water partition coefficient (Wildman–Crippen LogP) is 1.31. The van der Waals surface area contributed by atoms with Gasteiger partial charge < -0.3 is 10.4 Å². The number of aryl methyl sites for hydroxylation is 1. The first-order valence-corrected chi connectivity index (χ1v) is 6.05. The molecule has 1 atom stereocenters. The molecule has 1 amide bonds. The van der Waals surface area contributed by atoms with E-state index in [1.807, 2.05) is 27.7 Å². The Morgan fingerprint density at radius 3 is 2.50 bits per heavy atom. The SMILES string of the molecule is Cc1cnc(C(=O)NC(CCO)C(C)(C)C)cn1. The van der Waals surface area contributed by atoms with Gasteiger partial charge in [-0.15, -0.1) is 0 Å². The maximum absolute atomic E-state index is 12.0. The maximum Gasteiger partial charge on any atom is 0.271 e. The number of carbonyl (C=O) groups excluding carboxylic acids is 1. The molecule has 0 aliphatic heterocycles. The molecule has 0 radical (unpaired) electrons. The van der Waals surface area contributed by atoms with Crippen molar-refractivity contribution in [2.24, 2.45) is 5.41 Å². The van der Waals surface area contributed by atoms with Crippen molar-refractivity contribution in [1.29, 1.82) is 0 Å². The van der Waals surface area contributed by atoms with Crippen molar-refractivity contribution in [3.8, 4) is 0 Å². The largest absolute Gasteiger partial charge is 0.396 e. The summed E-state index contributed by atoms with van der Waals surface area (Å²) in [5.74, 6) is -0.254. The van der Waals surface area contributed by atoms with Crippen LogP contribution in [0.1, 0.15) is 43.4 Å². The molecule has 2 N–H and O–H groups in total. The Balaban J connectivity index is 2.75. The fourth-order valence-corrected chi connectivity index (χ4v) is 1.59. The Labute approximate surface area is 108 Å². The smallest absolute Gasteiger partial charge is 0.271 e. The Hall–Kier alpha value is -1.49. The summed E-state index contributed by atoms with van der Waals surface area (Å²) in [6.45, 7) is 7.93. The molecule has 0 aromatic carbocycles. The highest BCUT2D eigenvalue weighted by atomic mass is 16.3. The summed E-state index contributed by atoms with van der Waals surface area (Å²) < 4.78 is 0. The van der Waals surface area contributed by atoms with E-state index in [1.165, 1.54) is 6.20 Å². The number of nitrogens with zero attached hydrogens (tertiary/aromatic N) is 2. The fraction of sp³-hybridized carbons (Fsp3) is 0.615. The lowest BCUT2D eigenvalue weighted by atomic mass is 9.85. The summed E-state index contributed by atoms with van der Waals surface area (Å²) in [6, 6.07) is -0.0990. The van der Waals surface area contributed by atoms with E-state index in [9.17, 15) is 4.79 Å². The van der Waals surface area contributed by atoms with E-state index < -0.39 is 0 Å². The van der Waals surface area contributed by atoms with Crippen LogP contribution in [-0.2, 0) is 0 Å². The molecule has 0 bridgehead atoms. The minimum Gasteiger partial charge on any atom is -0.396 e. The van der Waals surface area contributed by atoms with Gasteiger partial charge in [-0.2, -0.15) is 0 Å². The number of aromatic nitrogens is 2. The van der Waals surface area contributed by atoms with Crippen LogP contribution in [0.15, 0.2) is 12.4 Å². The first-order valence-electron chi connectivity index (χ1n) is 6.05. The summed E-state index contributed by atoms with van der Waals surface area (Å²) in [5.41, 5.74) is 0.957. The number of hydrogen-bond acceptors (Lipinski definition) is 4. The lowest BCUT2D eigenvalue weighted by Crippen LogP contribution is -2.44. The fourth-order valence-electron chi connectivity index (χ4n) is 1.59. The molecule has 0 aliphatic rings. The van der Waals surface area contributed by atoms with Crippen molar-refractivity contribution in [2.75, 3.05) is 6.61 Å². The van der Waals surface area contributed by atoms with Crippen molar-refractivity contribution in [2.45, 2.75) is 40.2 Å². The molecule has 5 heteroatoms. The zero-order valence-corrected chi connectivity index (χ0v) is 11.4. The predicted molar refractivity (Wildman–Crippen MR) is 69.2 cm³/mol. The van der Waals surface area contributed by atoms with Crippen molar-refractivity contribution in [1.82, 2.24) is 15.3 Å². The van der Waals surface area contributed by atoms with Crippen molar-refractivity contribution in [3.05, 3.63) is 23.8 Å². The standard InChI is InChI=1S/C13H21N3O2/c1-9-7-15-10(8-14-9)12(18)16-11(5-6-17)13(2,3)4/h7-8,11,17H,5-6H2,1-4H3,(H,16,18). The lowest BCUT2D eigenvalue weighted by Gasteiger charge is -2.30. The van der Waals surface area contributed by atoms with Gasteiger partial charge in [0.15, 0.2) is 0 Å². The summed E-state index contributed by atoms with van der Waals surface area (Å²) in [7, 11) is 0. The van der Waals surface area contributed by atoms with Gasteiger partial charge in [0.2, 0.25) is 0 Å². The van der Waals surface area contributed by atoms with Crippen LogP contribution in [0, 0.1) is 12.3 Å². The first kappa shape index (κ1) is 14.6. The molecule has 100 valence electrons. The second kappa shape index (κ2) is 5.91. The van der Waals surface area contributed by atoms with E-state index in [0.29, 0.717) is 12.1 Å². The van der Waals surface area contributed by atoms with Gasteiger partial charge in [0.05, 0.1) is 11.9 Å². The average molecular weight is 251 g/mol. The first-order chi connectivity index (χ1) is 8.34. The summed E-state index contributed by atoms with van der Waals surface area (Å²) in [4.78, 5) is 20.1. The van der Waals surface area contributed by atoms with Crippen molar-refractivity contribution >= 4 is 5.91 Å². The Kier molecular flexibility index (Phi) is 4.78. The normalized spacial score (nSPS) is 13.2. The molecule has 18 heavy (non-hydrogen) atoms. The van der Waals surface area contributed by atoms with Gasteiger partial charge in [0, 0.05) is 18.8 Å². The molecule has 0 aliphatic carbocycles. The third-order valence-corrected chi connectivity index (χ3v) is 2.78. The second-order valence-corrected chi connectivity index (χ2v) is 5.45. The Morgan fingerprint density at radius 1 is 1.39 bits per heavy atom. The average Bonchev–Trinajstić information content (AvgIpc) is 2.28. The molecule has 5 nitrogen and oxygen atoms in total. The number of nitrogens with one attached hydrogen (secondary N) is 1. The van der Waals surface area contributed by atoms with Crippen molar-refractivity contribution in [3.63, 3.8) is 0 Å². The van der Waals surface area contributed by atoms with E-state index in [4.69, 9.17) is 5.11 Å². The van der Waals surface area contributed by atoms with E-state index in [-0.39, 0.29) is 24.0 Å². The minimum atomic E-state index is -0.254. The molecular weight excluding hydrogens is 230 g/mol. The van der Waals surface area contributed by atoms with Gasteiger partial charge in [0.1, 0.15) is 5.69 Å². The zero-order chi connectivity index (χ0) is 13.8. The third-order valence-electron chi connectivity index (χ3n) is 2.78. The van der Waals surface area contributed by atoms with Crippen LogP contribution in [0.2, 0.25) is 0 Å². The highest BCUT2D eigenvalue weighted by Gasteiger charge is 2.26. The summed E-state index contributed by atoms with van der Waals surface area (Å²) in [5, 5.41) is 11.9. The van der Waals surface area contributed by atoms with Gasteiger partial charge in [0.25, 0.3) is 5.91 Å². The molecular formula is C13H21N3O2. The molecule has 1 rings (SSSR count). The molecule has 0 spiro atoms. The van der Waals surface area contributed by atoms with Crippen LogP contribution in [0.5, 0.6) is 0 Å². The van der Waals surface area contributed by atoms with Crippen LogP contribution in [-0.4, -0.2) is 33.6 Å². The Bertz CT molecular complexity index is 396.